The summed E-state index contributed by atoms with van der Waals surface area (Å²) in [6.07, 6.45) is 0. The van der Waals surface area contributed by atoms with Crippen molar-refractivity contribution in [1.29, 1.82) is 0 Å². The highest BCUT2D eigenvalue weighted by atomic mass is 16.2. The number of piperidine rings is 1. The number of hydrogen-bond donors (Lipinski definition) is 0. The zero-order chi connectivity index (χ0) is 15.9. The summed E-state index contributed by atoms with van der Waals surface area (Å²) in [5, 5.41) is 0. The Hall–Kier alpha value is -0.530. The van der Waals surface area contributed by atoms with Gasteiger partial charge in [-0.25, -0.2) is 0 Å². The Kier molecular flexibility index (Phi) is 4.99. The van der Waals surface area contributed by atoms with Crippen molar-refractivity contribution in [2.45, 2.75) is 62.3 Å². The summed E-state index contributed by atoms with van der Waals surface area (Å²) in [6.45, 7) is 22.3. The zero-order valence-corrected chi connectivity index (χ0v) is 15.1. The molecule has 0 aromatic heterocycles. The third-order valence-corrected chi connectivity index (χ3v) is 5.16. The molecule has 0 bridgehead atoms. The van der Waals surface area contributed by atoms with Crippen molar-refractivity contribution < 1.29 is 4.79 Å². The summed E-state index contributed by atoms with van der Waals surface area (Å²) in [6, 6.07) is 0. The number of nitrogens with zero attached hydrogens (tertiary/aromatic N) is 1. The lowest BCUT2D eigenvalue weighted by Crippen LogP contribution is -2.56. The molecule has 1 aliphatic heterocycles. The second kappa shape index (κ2) is 5.69. The molecule has 0 aliphatic carbocycles. The summed E-state index contributed by atoms with van der Waals surface area (Å²) in [7, 11) is 0. The van der Waals surface area contributed by atoms with Gasteiger partial charge in [0.1, 0.15) is 0 Å². The van der Waals surface area contributed by atoms with Crippen LogP contribution in [-0.2, 0) is 4.79 Å². The van der Waals surface area contributed by atoms with Gasteiger partial charge in [0.05, 0.1) is 0 Å². The van der Waals surface area contributed by atoms with Crippen LogP contribution in [-0.4, -0.2) is 23.9 Å². The van der Waals surface area contributed by atoms with Crippen molar-refractivity contribution in [2.75, 3.05) is 13.1 Å². The van der Waals surface area contributed by atoms with Crippen LogP contribution in [0.5, 0.6) is 0 Å². The number of hydrogen-bond acceptors (Lipinski definition) is 1. The molecule has 2 heteroatoms. The van der Waals surface area contributed by atoms with Crippen LogP contribution in [0.2, 0.25) is 0 Å². The van der Waals surface area contributed by atoms with E-state index in [9.17, 15) is 4.79 Å². The minimum Gasteiger partial charge on any atom is -0.342 e. The van der Waals surface area contributed by atoms with Crippen LogP contribution in [0.4, 0.5) is 0 Å². The molecule has 118 valence electrons. The minimum absolute atomic E-state index is 0.234. The van der Waals surface area contributed by atoms with E-state index in [4.69, 9.17) is 0 Å². The molecule has 0 aromatic rings. The standard InChI is InChI=1S/C18H35NO/c1-12(2)14-10-19(13(3)20)11-15(17(4,5)6)16(14)18(7,8)9/h12,14-16H,10-11H2,1-9H3. The van der Waals surface area contributed by atoms with Gasteiger partial charge in [0.25, 0.3) is 0 Å². The van der Waals surface area contributed by atoms with Gasteiger partial charge < -0.3 is 4.90 Å². The summed E-state index contributed by atoms with van der Waals surface area (Å²) in [5.74, 6) is 2.67. The van der Waals surface area contributed by atoms with Crippen LogP contribution in [0.3, 0.4) is 0 Å². The fourth-order valence-corrected chi connectivity index (χ4v) is 4.03. The lowest BCUT2D eigenvalue weighted by Gasteiger charge is -2.54. The van der Waals surface area contributed by atoms with Crippen LogP contribution < -0.4 is 0 Å². The van der Waals surface area contributed by atoms with Crippen LogP contribution in [0.25, 0.3) is 0 Å². The molecule has 1 rings (SSSR count). The number of carbonyl (C=O) groups excluding carboxylic acids is 1. The average molecular weight is 281 g/mol. The molecule has 20 heavy (non-hydrogen) atoms. The Morgan fingerprint density at radius 1 is 1.00 bits per heavy atom. The number of likely N-dealkylation sites (tertiary alicyclic amines) is 1. The van der Waals surface area contributed by atoms with Gasteiger partial charge in [0.15, 0.2) is 0 Å². The van der Waals surface area contributed by atoms with Gasteiger partial charge in [-0.15, -0.1) is 0 Å². The van der Waals surface area contributed by atoms with E-state index in [1.807, 2.05) is 0 Å². The van der Waals surface area contributed by atoms with Crippen molar-refractivity contribution in [3.63, 3.8) is 0 Å². The Labute approximate surface area is 126 Å². The van der Waals surface area contributed by atoms with Gasteiger partial charge in [-0.05, 0) is 34.5 Å². The molecule has 0 N–H and O–H groups in total. The fraction of sp³-hybridized carbons (Fsp3) is 0.944. The summed E-state index contributed by atoms with van der Waals surface area (Å²) in [5.41, 5.74) is 0.523. The van der Waals surface area contributed by atoms with Gasteiger partial charge in [0.2, 0.25) is 5.91 Å². The van der Waals surface area contributed by atoms with E-state index in [1.54, 1.807) is 6.92 Å². The van der Waals surface area contributed by atoms with E-state index in [0.29, 0.717) is 23.7 Å². The van der Waals surface area contributed by atoms with E-state index in [1.165, 1.54) is 0 Å². The van der Waals surface area contributed by atoms with E-state index >= 15 is 0 Å². The Balaban J connectivity index is 3.22. The van der Waals surface area contributed by atoms with Gasteiger partial charge in [-0.1, -0.05) is 55.4 Å². The van der Waals surface area contributed by atoms with Crippen molar-refractivity contribution >= 4 is 5.91 Å². The Bertz CT molecular complexity index is 345. The molecule has 0 radical (unpaired) electrons. The van der Waals surface area contributed by atoms with E-state index < -0.39 is 0 Å². The molecule has 1 saturated heterocycles. The van der Waals surface area contributed by atoms with Crippen LogP contribution in [0.1, 0.15) is 62.3 Å². The highest BCUT2D eigenvalue weighted by Crippen LogP contribution is 2.50. The topological polar surface area (TPSA) is 20.3 Å². The molecule has 1 aliphatic rings. The third-order valence-electron chi connectivity index (χ3n) is 5.16. The van der Waals surface area contributed by atoms with Gasteiger partial charge >= 0.3 is 0 Å². The van der Waals surface area contributed by atoms with E-state index in [2.05, 4.69) is 60.3 Å². The highest BCUT2D eigenvalue weighted by Gasteiger charge is 2.48. The summed E-state index contributed by atoms with van der Waals surface area (Å²) < 4.78 is 0. The highest BCUT2D eigenvalue weighted by molar-refractivity contribution is 5.73. The predicted octanol–water partition coefficient (Wildman–Crippen LogP) is 4.45. The first-order chi connectivity index (χ1) is 8.85. The maximum absolute atomic E-state index is 11.9. The molecule has 3 unspecified atom stereocenters. The third kappa shape index (κ3) is 3.77. The van der Waals surface area contributed by atoms with Crippen molar-refractivity contribution in [3.8, 4) is 0 Å². The Morgan fingerprint density at radius 2 is 1.50 bits per heavy atom. The molecule has 0 spiro atoms. The number of carbonyl (C=O) groups is 1. The van der Waals surface area contributed by atoms with Gasteiger partial charge in [-0.3, -0.25) is 4.79 Å². The number of rotatable bonds is 1. The zero-order valence-electron chi connectivity index (χ0n) is 15.1. The second-order valence-electron chi connectivity index (χ2n) is 9.20. The molecular weight excluding hydrogens is 246 g/mol. The maximum atomic E-state index is 11.9. The van der Waals surface area contributed by atoms with Crippen LogP contribution in [0, 0.1) is 34.5 Å². The lowest BCUT2D eigenvalue weighted by molar-refractivity contribution is -0.139. The monoisotopic (exact) mass is 281 g/mol. The minimum atomic E-state index is 0.234. The van der Waals surface area contributed by atoms with Crippen molar-refractivity contribution in [2.24, 2.45) is 34.5 Å². The van der Waals surface area contributed by atoms with Crippen LogP contribution in [0.15, 0.2) is 0 Å². The predicted molar refractivity (Wildman–Crippen MR) is 86.5 cm³/mol. The molecule has 3 atom stereocenters. The normalized spacial score (nSPS) is 28.9. The summed E-state index contributed by atoms with van der Waals surface area (Å²) >= 11 is 0. The smallest absolute Gasteiger partial charge is 0.219 e. The van der Waals surface area contributed by atoms with Gasteiger partial charge in [0, 0.05) is 20.0 Å². The lowest BCUT2D eigenvalue weighted by atomic mass is 9.56. The summed E-state index contributed by atoms with van der Waals surface area (Å²) in [4.78, 5) is 14.0. The molecule has 0 aromatic carbocycles. The molecule has 2 nitrogen and oxygen atoms in total. The van der Waals surface area contributed by atoms with E-state index in [-0.39, 0.29) is 16.7 Å². The van der Waals surface area contributed by atoms with Gasteiger partial charge in [-0.2, -0.15) is 0 Å². The number of amides is 1. The maximum Gasteiger partial charge on any atom is 0.219 e. The first-order valence-electron chi connectivity index (χ1n) is 8.11. The fourth-order valence-electron chi connectivity index (χ4n) is 4.03. The largest absolute Gasteiger partial charge is 0.342 e. The second-order valence-corrected chi connectivity index (χ2v) is 9.20. The molecule has 0 saturated carbocycles. The average Bonchev–Trinajstić information content (AvgIpc) is 2.24. The van der Waals surface area contributed by atoms with Crippen LogP contribution >= 0.6 is 0 Å². The van der Waals surface area contributed by atoms with Crippen molar-refractivity contribution in [3.05, 3.63) is 0 Å². The first-order valence-corrected chi connectivity index (χ1v) is 8.11. The SMILES string of the molecule is CC(=O)N1CC(C(C)C)C(C(C)(C)C)C(C(C)(C)C)C1. The molecular formula is C18H35NO. The molecule has 1 amide bonds. The quantitative estimate of drug-likeness (QED) is 0.695. The van der Waals surface area contributed by atoms with E-state index in [0.717, 1.165) is 13.1 Å². The molecule has 1 fully saturated rings. The molecule has 1 heterocycles. The Morgan fingerprint density at radius 3 is 1.80 bits per heavy atom. The van der Waals surface area contributed by atoms with Crippen molar-refractivity contribution in [1.82, 2.24) is 4.90 Å². The first kappa shape index (κ1) is 17.5.